The summed E-state index contributed by atoms with van der Waals surface area (Å²) >= 11 is 1.54. The lowest BCUT2D eigenvalue weighted by Gasteiger charge is -1.88. The maximum absolute atomic E-state index is 5.79. The molecule has 0 spiro atoms. The molecule has 0 saturated heterocycles. The molecule has 0 aliphatic carbocycles. The van der Waals surface area contributed by atoms with Crippen LogP contribution in [-0.2, 0) is 6.54 Å². The molecule has 1 aromatic carbocycles. The third-order valence-corrected chi connectivity index (χ3v) is 4.00. The number of nitrogens with zero attached hydrogens (tertiary/aromatic N) is 2. The van der Waals surface area contributed by atoms with Gasteiger partial charge >= 0.3 is 0 Å². The van der Waals surface area contributed by atoms with Gasteiger partial charge in [0.15, 0.2) is 5.58 Å². The van der Waals surface area contributed by atoms with Gasteiger partial charge in [0.25, 0.3) is 0 Å². The summed E-state index contributed by atoms with van der Waals surface area (Å²) in [5, 5.41) is 0.904. The standard InChI is InChI=1S/C13H13N3OS/c1-7-4-3-5-9-11(7)16-13(17-9)12-8(2)15-10(6-14)18-12/h3-5H,6,14H2,1-2H3. The van der Waals surface area contributed by atoms with Gasteiger partial charge in [-0.2, -0.15) is 0 Å². The molecule has 5 heteroatoms. The SMILES string of the molecule is Cc1nc(CN)sc1-c1nc2c(C)cccc2o1. The molecule has 92 valence electrons. The van der Waals surface area contributed by atoms with E-state index in [1.165, 1.54) is 0 Å². The zero-order valence-electron chi connectivity index (χ0n) is 10.2. The first kappa shape index (κ1) is 11.4. The first-order valence-electron chi connectivity index (χ1n) is 5.72. The van der Waals surface area contributed by atoms with Crippen molar-refractivity contribution in [1.29, 1.82) is 0 Å². The maximum Gasteiger partial charge on any atom is 0.239 e. The number of fused-ring (bicyclic) bond motifs is 1. The Labute approximate surface area is 108 Å². The van der Waals surface area contributed by atoms with Gasteiger partial charge < -0.3 is 10.2 Å². The normalized spacial score (nSPS) is 11.3. The van der Waals surface area contributed by atoms with Gasteiger partial charge in [-0.25, -0.2) is 9.97 Å². The van der Waals surface area contributed by atoms with E-state index in [1.54, 1.807) is 11.3 Å². The van der Waals surface area contributed by atoms with Gasteiger partial charge in [0.2, 0.25) is 5.89 Å². The summed E-state index contributed by atoms with van der Waals surface area (Å²) in [5.74, 6) is 0.633. The molecule has 0 atom stereocenters. The van der Waals surface area contributed by atoms with Crippen molar-refractivity contribution < 1.29 is 4.42 Å². The summed E-state index contributed by atoms with van der Waals surface area (Å²) in [6, 6.07) is 5.93. The van der Waals surface area contributed by atoms with Crippen molar-refractivity contribution in [2.45, 2.75) is 20.4 Å². The summed E-state index contributed by atoms with van der Waals surface area (Å²) in [5.41, 5.74) is 9.37. The molecule has 0 fully saturated rings. The number of para-hydroxylation sites is 1. The lowest BCUT2D eigenvalue weighted by atomic mass is 10.2. The van der Waals surface area contributed by atoms with Crippen LogP contribution in [0.3, 0.4) is 0 Å². The Morgan fingerprint density at radius 1 is 1.28 bits per heavy atom. The lowest BCUT2D eigenvalue weighted by molar-refractivity contribution is 0.621. The number of nitrogens with two attached hydrogens (primary N) is 1. The highest BCUT2D eigenvalue weighted by atomic mass is 32.1. The Kier molecular flexibility index (Phi) is 2.65. The molecule has 0 saturated carbocycles. The number of oxazole rings is 1. The van der Waals surface area contributed by atoms with Crippen LogP contribution in [0.2, 0.25) is 0 Å². The van der Waals surface area contributed by atoms with Gasteiger partial charge in [0.05, 0.1) is 5.69 Å². The average molecular weight is 259 g/mol. The fraction of sp³-hybridized carbons (Fsp3) is 0.231. The van der Waals surface area contributed by atoms with Gasteiger partial charge in [-0.3, -0.25) is 0 Å². The molecule has 0 unspecified atom stereocenters. The van der Waals surface area contributed by atoms with Crippen LogP contribution in [0.5, 0.6) is 0 Å². The highest BCUT2D eigenvalue weighted by Crippen LogP contribution is 2.32. The smallest absolute Gasteiger partial charge is 0.239 e. The predicted octanol–water partition coefficient (Wildman–Crippen LogP) is 3.03. The second kappa shape index (κ2) is 4.19. The number of hydrogen-bond acceptors (Lipinski definition) is 5. The van der Waals surface area contributed by atoms with Gasteiger partial charge in [-0.1, -0.05) is 12.1 Å². The highest BCUT2D eigenvalue weighted by Gasteiger charge is 2.15. The average Bonchev–Trinajstić information content (AvgIpc) is 2.93. The highest BCUT2D eigenvalue weighted by molar-refractivity contribution is 7.15. The molecule has 3 aromatic rings. The lowest BCUT2D eigenvalue weighted by Crippen LogP contribution is -1.94. The zero-order valence-corrected chi connectivity index (χ0v) is 11.0. The van der Waals surface area contributed by atoms with E-state index >= 15 is 0 Å². The van der Waals surface area contributed by atoms with Crippen molar-refractivity contribution in [2.75, 3.05) is 0 Å². The van der Waals surface area contributed by atoms with E-state index in [9.17, 15) is 0 Å². The second-order valence-electron chi connectivity index (χ2n) is 4.17. The van der Waals surface area contributed by atoms with Crippen LogP contribution in [0.15, 0.2) is 22.6 Å². The molecule has 3 rings (SSSR count). The molecule has 2 N–H and O–H groups in total. The fourth-order valence-electron chi connectivity index (χ4n) is 1.92. The van der Waals surface area contributed by atoms with E-state index in [1.807, 2.05) is 32.0 Å². The number of hydrogen-bond donors (Lipinski definition) is 1. The zero-order chi connectivity index (χ0) is 12.7. The van der Waals surface area contributed by atoms with Crippen LogP contribution < -0.4 is 5.73 Å². The number of thiazole rings is 1. The van der Waals surface area contributed by atoms with Gasteiger partial charge in [0, 0.05) is 6.54 Å². The molecule has 2 heterocycles. The van der Waals surface area contributed by atoms with E-state index in [4.69, 9.17) is 10.2 Å². The Hall–Kier alpha value is -1.72. The molecular formula is C13H13N3OS. The van der Waals surface area contributed by atoms with E-state index in [0.717, 1.165) is 32.2 Å². The molecular weight excluding hydrogens is 246 g/mol. The maximum atomic E-state index is 5.79. The quantitative estimate of drug-likeness (QED) is 0.768. The molecule has 0 bridgehead atoms. The van der Waals surface area contributed by atoms with Gasteiger partial charge in [0.1, 0.15) is 15.4 Å². The Bertz CT molecular complexity index is 714. The van der Waals surface area contributed by atoms with Crippen molar-refractivity contribution in [3.05, 3.63) is 34.5 Å². The monoisotopic (exact) mass is 259 g/mol. The Balaban J connectivity index is 2.19. The van der Waals surface area contributed by atoms with E-state index < -0.39 is 0 Å². The Morgan fingerprint density at radius 3 is 2.78 bits per heavy atom. The van der Waals surface area contributed by atoms with E-state index in [0.29, 0.717) is 12.4 Å². The minimum atomic E-state index is 0.449. The first-order chi connectivity index (χ1) is 8.69. The number of aryl methyl sites for hydroxylation is 2. The summed E-state index contributed by atoms with van der Waals surface area (Å²) in [6.07, 6.45) is 0. The predicted molar refractivity (Wildman–Crippen MR) is 72.5 cm³/mol. The van der Waals surface area contributed by atoms with Gasteiger partial charge in [-0.05, 0) is 25.5 Å². The summed E-state index contributed by atoms with van der Waals surface area (Å²) in [4.78, 5) is 9.91. The fourth-order valence-corrected chi connectivity index (χ4v) is 2.79. The van der Waals surface area contributed by atoms with Crippen molar-refractivity contribution in [3.8, 4) is 10.8 Å². The minimum Gasteiger partial charge on any atom is -0.435 e. The van der Waals surface area contributed by atoms with Crippen LogP contribution in [0, 0.1) is 13.8 Å². The first-order valence-corrected chi connectivity index (χ1v) is 6.53. The minimum absolute atomic E-state index is 0.449. The van der Waals surface area contributed by atoms with E-state index in [2.05, 4.69) is 9.97 Å². The van der Waals surface area contributed by atoms with Crippen molar-refractivity contribution in [3.63, 3.8) is 0 Å². The van der Waals surface area contributed by atoms with Crippen LogP contribution in [0.25, 0.3) is 21.9 Å². The number of benzene rings is 1. The van der Waals surface area contributed by atoms with Crippen LogP contribution >= 0.6 is 11.3 Å². The number of rotatable bonds is 2. The molecule has 2 aromatic heterocycles. The van der Waals surface area contributed by atoms with Crippen molar-refractivity contribution in [2.24, 2.45) is 5.73 Å². The van der Waals surface area contributed by atoms with Crippen LogP contribution in [0.1, 0.15) is 16.3 Å². The molecule has 18 heavy (non-hydrogen) atoms. The van der Waals surface area contributed by atoms with E-state index in [-0.39, 0.29) is 0 Å². The third kappa shape index (κ3) is 1.72. The third-order valence-electron chi connectivity index (χ3n) is 2.83. The molecule has 0 radical (unpaired) electrons. The second-order valence-corrected chi connectivity index (χ2v) is 5.25. The van der Waals surface area contributed by atoms with Crippen LogP contribution in [0.4, 0.5) is 0 Å². The number of aromatic nitrogens is 2. The summed E-state index contributed by atoms with van der Waals surface area (Å²) in [7, 11) is 0. The largest absolute Gasteiger partial charge is 0.435 e. The molecule has 0 aliphatic rings. The van der Waals surface area contributed by atoms with Crippen LogP contribution in [-0.4, -0.2) is 9.97 Å². The van der Waals surface area contributed by atoms with Crippen molar-refractivity contribution in [1.82, 2.24) is 9.97 Å². The molecule has 0 aliphatic heterocycles. The van der Waals surface area contributed by atoms with Gasteiger partial charge in [-0.15, -0.1) is 11.3 Å². The molecule has 0 amide bonds. The topological polar surface area (TPSA) is 64.9 Å². The Morgan fingerprint density at radius 2 is 2.11 bits per heavy atom. The summed E-state index contributed by atoms with van der Waals surface area (Å²) < 4.78 is 5.79. The molecule has 4 nitrogen and oxygen atoms in total. The summed E-state index contributed by atoms with van der Waals surface area (Å²) in [6.45, 7) is 4.43. The van der Waals surface area contributed by atoms with Crippen molar-refractivity contribution >= 4 is 22.4 Å².